The number of aryl methyl sites for hydroxylation is 1. The van der Waals surface area contributed by atoms with Crippen LogP contribution in [0, 0.1) is 18.8 Å². The van der Waals surface area contributed by atoms with Gasteiger partial charge in [-0.2, -0.15) is 0 Å². The number of carboxylic acid groups (broad SMARTS) is 1. The second-order valence-electron chi connectivity index (χ2n) is 5.02. The lowest BCUT2D eigenvalue weighted by atomic mass is 10.0. The number of halogens is 1. The first-order chi connectivity index (χ1) is 8.97. The van der Waals surface area contributed by atoms with E-state index in [9.17, 15) is 9.59 Å². The fourth-order valence-corrected chi connectivity index (χ4v) is 2.99. The summed E-state index contributed by atoms with van der Waals surface area (Å²) in [7, 11) is 0. The van der Waals surface area contributed by atoms with Crippen molar-refractivity contribution < 1.29 is 14.7 Å². The molecule has 0 spiro atoms. The summed E-state index contributed by atoms with van der Waals surface area (Å²) in [5.74, 6) is -1.47. The van der Waals surface area contributed by atoms with Crippen LogP contribution >= 0.6 is 15.9 Å². The maximum Gasteiger partial charge on any atom is 0.306 e. The first-order valence-electron chi connectivity index (χ1n) is 6.27. The highest BCUT2D eigenvalue weighted by Gasteiger charge is 2.33. The molecule has 1 fully saturated rings. The SMILES string of the molecule is Cc1ccc(NC(=O)[C@@H]2CC[C@H](C(=O)O)C2)c(Br)c1. The summed E-state index contributed by atoms with van der Waals surface area (Å²) in [6.45, 7) is 1.98. The van der Waals surface area contributed by atoms with Crippen LogP contribution in [0.3, 0.4) is 0 Å². The Labute approximate surface area is 120 Å². The third-order valence-electron chi connectivity index (χ3n) is 3.54. The molecule has 4 nitrogen and oxygen atoms in total. The lowest BCUT2D eigenvalue weighted by molar-refractivity contribution is -0.141. The van der Waals surface area contributed by atoms with Gasteiger partial charge in [-0.25, -0.2) is 0 Å². The van der Waals surface area contributed by atoms with E-state index in [0.29, 0.717) is 19.3 Å². The molecule has 1 saturated carbocycles. The summed E-state index contributed by atoms with van der Waals surface area (Å²) in [6.07, 6.45) is 1.67. The van der Waals surface area contributed by atoms with Crippen molar-refractivity contribution in [3.63, 3.8) is 0 Å². The highest BCUT2D eigenvalue weighted by atomic mass is 79.9. The van der Waals surface area contributed by atoms with Crippen molar-refractivity contribution in [1.29, 1.82) is 0 Å². The topological polar surface area (TPSA) is 66.4 Å². The highest BCUT2D eigenvalue weighted by Crippen LogP contribution is 2.32. The Bertz CT molecular complexity index is 515. The lowest BCUT2D eigenvalue weighted by Crippen LogP contribution is -2.21. The van der Waals surface area contributed by atoms with Crippen LogP contribution in [-0.2, 0) is 9.59 Å². The smallest absolute Gasteiger partial charge is 0.306 e. The highest BCUT2D eigenvalue weighted by molar-refractivity contribution is 9.10. The number of benzene rings is 1. The van der Waals surface area contributed by atoms with E-state index < -0.39 is 5.97 Å². The average molecular weight is 326 g/mol. The predicted octanol–water partition coefficient (Wildman–Crippen LogP) is 3.20. The minimum absolute atomic E-state index is 0.0895. The molecule has 0 unspecified atom stereocenters. The molecule has 0 heterocycles. The van der Waals surface area contributed by atoms with Gasteiger partial charge in [0.15, 0.2) is 0 Å². The molecule has 19 heavy (non-hydrogen) atoms. The van der Waals surface area contributed by atoms with Crippen molar-refractivity contribution in [1.82, 2.24) is 0 Å². The first kappa shape index (κ1) is 14.1. The molecule has 0 aliphatic heterocycles. The van der Waals surface area contributed by atoms with Gasteiger partial charge in [-0.15, -0.1) is 0 Å². The van der Waals surface area contributed by atoms with Crippen molar-refractivity contribution in [2.45, 2.75) is 26.2 Å². The molecule has 1 aliphatic carbocycles. The van der Waals surface area contributed by atoms with E-state index in [1.54, 1.807) is 0 Å². The number of aliphatic carboxylic acids is 1. The first-order valence-corrected chi connectivity index (χ1v) is 7.06. The maximum atomic E-state index is 12.1. The Balaban J connectivity index is 2.00. The quantitative estimate of drug-likeness (QED) is 0.896. The standard InChI is InChI=1S/C14H16BrNO3/c1-8-2-5-12(11(15)6-8)16-13(17)9-3-4-10(7-9)14(18)19/h2,5-6,9-10H,3-4,7H2,1H3,(H,16,17)(H,18,19)/t9-,10+/m1/s1. The number of anilines is 1. The summed E-state index contributed by atoms with van der Waals surface area (Å²) in [4.78, 5) is 23.0. The summed E-state index contributed by atoms with van der Waals surface area (Å²) in [6, 6.07) is 5.71. The van der Waals surface area contributed by atoms with E-state index in [0.717, 1.165) is 15.7 Å². The molecule has 5 heteroatoms. The number of amides is 1. The van der Waals surface area contributed by atoms with Gasteiger partial charge in [0, 0.05) is 10.4 Å². The minimum atomic E-state index is -0.799. The Hall–Kier alpha value is -1.36. The van der Waals surface area contributed by atoms with Gasteiger partial charge in [-0.05, 0) is 59.8 Å². The molecule has 0 radical (unpaired) electrons. The predicted molar refractivity (Wildman–Crippen MR) is 76.0 cm³/mol. The zero-order valence-corrected chi connectivity index (χ0v) is 12.2. The minimum Gasteiger partial charge on any atom is -0.481 e. The molecule has 0 saturated heterocycles. The Morgan fingerprint density at radius 1 is 1.32 bits per heavy atom. The molecule has 2 N–H and O–H groups in total. The summed E-state index contributed by atoms with van der Waals surface area (Å²) in [5.41, 5.74) is 1.84. The zero-order chi connectivity index (χ0) is 14.0. The van der Waals surface area contributed by atoms with E-state index >= 15 is 0 Å². The van der Waals surface area contributed by atoms with Crippen LogP contribution in [0.25, 0.3) is 0 Å². The number of carboxylic acids is 1. The molecule has 2 rings (SSSR count). The third-order valence-corrected chi connectivity index (χ3v) is 4.19. The second kappa shape index (κ2) is 5.74. The second-order valence-corrected chi connectivity index (χ2v) is 5.87. The van der Waals surface area contributed by atoms with Crippen LogP contribution < -0.4 is 5.32 Å². The summed E-state index contributed by atoms with van der Waals surface area (Å²) in [5, 5.41) is 11.8. The zero-order valence-electron chi connectivity index (χ0n) is 10.6. The number of hydrogen-bond acceptors (Lipinski definition) is 2. The molecule has 0 aromatic heterocycles. The largest absolute Gasteiger partial charge is 0.481 e. The van der Waals surface area contributed by atoms with E-state index in [1.807, 2.05) is 25.1 Å². The number of rotatable bonds is 3. The van der Waals surface area contributed by atoms with Crippen LogP contribution in [0.5, 0.6) is 0 Å². The molecular formula is C14H16BrNO3. The van der Waals surface area contributed by atoms with Crippen LogP contribution in [0.4, 0.5) is 5.69 Å². The molecule has 1 aliphatic rings. The Morgan fingerprint density at radius 2 is 2.00 bits per heavy atom. The van der Waals surface area contributed by atoms with Crippen LogP contribution in [0.15, 0.2) is 22.7 Å². The molecule has 1 amide bonds. The molecule has 102 valence electrons. The van der Waals surface area contributed by atoms with Gasteiger partial charge in [-0.1, -0.05) is 6.07 Å². The van der Waals surface area contributed by atoms with Gasteiger partial charge in [0.2, 0.25) is 5.91 Å². The third kappa shape index (κ3) is 3.35. The van der Waals surface area contributed by atoms with Gasteiger partial charge in [0.1, 0.15) is 0 Å². The van der Waals surface area contributed by atoms with Crippen molar-refractivity contribution in [2.75, 3.05) is 5.32 Å². The number of nitrogens with one attached hydrogen (secondary N) is 1. The van der Waals surface area contributed by atoms with Gasteiger partial charge >= 0.3 is 5.97 Å². The number of carbonyl (C=O) groups is 2. The number of hydrogen-bond donors (Lipinski definition) is 2. The molecule has 0 bridgehead atoms. The van der Waals surface area contributed by atoms with E-state index in [4.69, 9.17) is 5.11 Å². The summed E-state index contributed by atoms with van der Waals surface area (Å²) >= 11 is 3.41. The Kier molecular flexibility index (Phi) is 4.24. The lowest BCUT2D eigenvalue weighted by Gasteiger charge is -2.12. The molecule has 1 aromatic rings. The fraction of sp³-hybridized carbons (Fsp3) is 0.429. The maximum absolute atomic E-state index is 12.1. The van der Waals surface area contributed by atoms with E-state index in [-0.39, 0.29) is 17.7 Å². The monoisotopic (exact) mass is 325 g/mol. The van der Waals surface area contributed by atoms with Crippen molar-refractivity contribution in [3.8, 4) is 0 Å². The van der Waals surface area contributed by atoms with Gasteiger partial charge in [0.05, 0.1) is 11.6 Å². The average Bonchev–Trinajstić information content (AvgIpc) is 2.82. The van der Waals surface area contributed by atoms with Crippen molar-refractivity contribution in [2.24, 2.45) is 11.8 Å². The van der Waals surface area contributed by atoms with Gasteiger partial charge in [-0.3, -0.25) is 9.59 Å². The van der Waals surface area contributed by atoms with Gasteiger partial charge < -0.3 is 10.4 Å². The van der Waals surface area contributed by atoms with Crippen LogP contribution in [0.1, 0.15) is 24.8 Å². The van der Waals surface area contributed by atoms with E-state index in [2.05, 4.69) is 21.2 Å². The van der Waals surface area contributed by atoms with Crippen LogP contribution in [-0.4, -0.2) is 17.0 Å². The van der Waals surface area contributed by atoms with Crippen LogP contribution in [0.2, 0.25) is 0 Å². The van der Waals surface area contributed by atoms with E-state index in [1.165, 1.54) is 0 Å². The van der Waals surface area contributed by atoms with Gasteiger partial charge in [0.25, 0.3) is 0 Å². The Morgan fingerprint density at radius 3 is 2.58 bits per heavy atom. The summed E-state index contributed by atoms with van der Waals surface area (Å²) < 4.78 is 0.841. The number of carbonyl (C=O) groups excluding carboxylic acids is 1. The molecule has 1 aromatic carbocycles. The van der Waals surface area contributed by atoms with Crippen molar-refractivity contribution >= 4 is 33.5 Å². The molecule has 2 atom stereocenters. The normalized spacial score (nSPS) is 22.2. The fourth-order valence-electron chi connectivity index (χ4n) is 2.40. The molecular weight excluding hydrogens is 310 g/mol. The van der Waals surface area contributed by atoms with Crippen molar-refractivity contribution in [3.05, 3.63) is 28.2 Å².